The molecule has 3 rings (SSSR count). The zero-order valence-corrected chi connectivity index (χ0v) is 10.6. The summed E-state index contributed by atoms with van der Waals surface area (Å²) in [4.78, 5) is 26.2. The summed E-state index contributed by atoms with van der Waals surface area (Å²) >= 11 is 0. The Morgan fingerprint density at radius 3 is 2.79 bits per heavy atom. The highest BCUT2D eigenvalue weighted by molar-refractivity contribution is 6.23. The molecule has 0 spiro atoms. The minimum Gasteiger partial charge on any atom is -0.398 e. The molecule has 0 aromatic heterocycles. The maximum absolute atomic E-state index is 12.4. The minimum atomic E-state index is -0.259. The van der Waals surface area contributed by atoms with Gasteiger partial charge < -0.3 is 10.5 Å². The van der Waals surface area contributed by atoms with Crippen molar-refractivity contribution < 1.29 is 14.3 Å². The van der Waals surface area contributed by atoms with Gasteiger partial charge in [0.2, 0.25) is 0 Å². The van der Waals surface area contributed by atoms with Crippen LogP contribution in [0.3, 0.4) is 0 Å². The fourth-order valence-electron chi connectivity index (χ4n) is 2.81. The number of nitrogens with two attached hydrogens (primary N) is 1. The van der Waals surface area contributed by atoms with Gasteiger partial charge in [-0.25, -0.2) is 0 Å². The molecule has 2 heterocycles. The second-order valence-electron chi connectivity index (χ2n) is 4.95. The van der Waals surface area contributed by atoms with Gasteiger partial charge in [-0.1, -0.05) is 6.07 Å². The number of anilines is 1. The number of hydrogen-bond donors (Lipinski definition) is 1. The Hall–Kier alpha value is -1.88. The molecule has 19 heavy (non-hydrogen) atoms. The lowest BCUT2D eigenvalue weighted by Gasteiger charge is -2.24. The van der Waals surface area contributed by atoms with Crippen LogP contribution in [0.2, 0.25) is 0 Å². The van der Waals surface area contributed by atoms with E-state index in [0.717, 1.165) is 12.8 Å². The van der Waals surface area contributed by atoms with Gasteiger partial charge in [-0.3, -0.25) is 14.5 Å². The molecule has 0 radical (unpaired) electrons. The summed E-state index contributed by atoms with van der Waals surface area (Å²) in [6.45, 7) is 1.29. The Labute approximate surface area is 111 Å². The van der Waals surface area contributed by atoms with Crippen molar-refractivity contribution in [2.24, 2.45) is 0 Å². The number of carbonyl (C=O) groups excluding carboxylic acids is 2. The molecule has 0 bridgehead atoms. The highest BCUT2D eigenvalue weighted by atomic mass is 16.5. The van der Waals surface area contributed by atoms with Crippen molar-refractivity contribution in [2.75, 3.05) is 18.9 Å². The third-order valence-corrected chi connectivity index (χ3v) is 3.77. The number of hydrogen-bond acceptors (Lipinski definition) is 4. The van der Waals surface area contributed by atoms with E-state index in [9.17, 15) is 9.59 Å². The van der Waals surface area contributed by atoms with Crippen LogP contribution in [-0.2, 0) is 4.74 Å². The SMILES string of the molecule is Nc1cccc2c1C(=O)N(C1CCCOCC1)C2=O. The van der Waals surface area contributed by atoms with Crippen LogP contribution in [0, 0.1) is 0 Å². The zero-order valence-electron chi connectivity index (χ0n) is 10.6. The molecule has 2 amide bonds. The number of nitrogens with zero attached hydrogens (tertiary/aromatic N) is 1. The first-order valence-electron chi connectivity index (χ1n) is 6.54. The smallest absolute Gasteiger partial charge is 0.263 e. The average Bonchev–Trinajstić information content (AvgIpc) is 2.61. The minimum absolute atomic E-state index is 0.0747. The van der Waals surface area contributed by atoms with Crippen molar-refractivity contribution in [1.29, 1.82) is 0 Å². The molecule has 0 saturated carbocycles. The van der Waals surface area contributed by atoms with Crippen molar-refractivity contribution in [1.82, 2.24) is 4.90 Å². The Bertz CT molecular complexity index is 533. The first-order chi connectivity index (χ1) is 9.20. The molecule has 1 saturated heterocycles. The van der Waals surface area contributed by atoms with E-state index >= 15 is 0 Å². The van der Waals surface area contributed by atoms with Crippen molar-refractivity contribution in [3.8, 4) is 0 Å². The number of benzene rings is 1. The van der Waals surface area contributed by atoms with Crippen LogP contribution >= 0.6 is 0 Å². The Morgan fingerprint density at radius 2 is 2.00 bits per heavy atom. The second kappa shape index (κ2) is 4.66. The molecule has 0 aliphatic carbocycles. The van der Waals surface area contributed by atoms with Gasteiger partial charge in [0.1, 0.15) is 0 Å². The number of imide groups is 1. The molecular formula is C14H16N2O3. The van der Waals surface area contributed by atoms with Gasteiger partial charge in [0.25, 0.3) is 11.8 Å². The summed E-state index contributed by atoms with van der Waals surface area (Å²) in [5.74, 6) is -0.482. The normalized spacial score (nSPS) is 23.4. The maximum atomic E-state index is 12.4. The Balaban J connectivity index is 1.95. The Kier molecular flexibility index (Phi) is 2.98. The molecule has 1 atom stereocenters. The van der Waals surface area contributed by atoms with Crippen molar-refractivity contribution in [3.05, 3.63) is 29.3 Å². The molecule has 1 unspecified atom stereocenters. The van der Waals surface area contributed by atoms with Crippen LogP contribution in [0.4, 0.5) is 5.69 Å². The van der Waals surface area contributed by atoms with Crippen molar-refractivity contribution in [2.45, 2.75) is 25.3 Å². The molecule has 1 aromatic carbocycles. The quantitative estimate of drug-likeness (QED) is 0.612. The van der Waals surface area contributed by atoms with E-state index in [-0.39, 0.29) is 17.9 Å². The van der Waals surface area contributed by atoms with Gasteiger partial charge in [0, 0.05) is 24.9 Å². The molecule has 2 aliphatic heterocycles. The topological polar surface area (TPSA) is 72.6 Å². The number of fused-ring (bicyclic) bond motifs is 1. The zero-order chi connectivity index (χ0) is 13.4. The van der Waals surface area contributed by atoms with Crippen LogP contribution in [0.15, 0.2) is 18.2 Å². The van der Waals surface area contributed by atoms with Gasteiger partial charge in [-0.2, -0.15) is 0 Å². The predicted octanol–water partition coefficient (Wildman–Crippen LogP) is 1.43. The molecule has 5 heteroatoms. The number of nitrogen functional groups attached to an aromatic ring is 1. The maximum Gasteiger partial charge on any atom is 0.263 e. The summed E-state index contributed by atoms with van der Waals surface area (Å²) in [7, 11) is 0. The standard InChI is InChI=1S/C14H16N2O3/c15-11-5-1-4-10-12(11)14(18)16(13(10)17)9-3-2-7-19-8-6-9/h1,4-5,9H,2-3,6-8,15H2. The highest BCUT2D eigenvalue weighted by Gasteiger charge is 2.40. The van der Waals surface area contributed by atoms with Gasteiger partial charge in [0.15, 0.2) is 0 Å². The fraction of sp³-hybridized carbons (Fsp3) is 0.429. The van der Waals surface area contributed by atoms with Gasteiger partial charge >= 0.3 is 0 Å². The van der Waals surface area contributed by atoms with E-state index in [1.807, 2.05) is 0 Å². The van der Waals surface area contributed by atoms with E-state index in [0.29, 0.717) is 36.4 Å². The van der Waals surface area contributed by atoms with E-state index < -0.39 is 0 Å². The number of rotatable bonds is 1. The van der Waals surface area contributed by atoms with Gasteiger partial charge in [-0.05, 0) is 31.4 Å². The lowest BCUT2D eigenvalue weighted by molar-refractivity contribution is 0.0562. The average molecular weight is 260 g/mol. The Morgan fingerprint density at radius 1 is 1.16 bits per heavy atom. The van der Waals surface area contributed by atoms with Crippen molar-refractivity contribution >= 4 is 17.5 Å². The number of carbonyl (C=O) groups is 2. The van der Waals surface area contributed by atoms with Crippen LogP contribution in [-0.4, -0.2) is 36.0 Å². The third-order valence-electron chi connectivity index (χ3n) is 3.77. The van der Waals surface area contributed by atoms with E-state index in [1.54, 1.807) is 18.2 Å². The first-order valence-corrected chi connectivity index (χ1v) is 6.54. The largest absolute Gasteiger partial charge is 0.398 e. The number of ether oxygens (including phenoxy) is 1. The molecule has 1 fully saturated rings. The molecule has 100 valence electrons. The van der Waals surface area contributed by atoms with E-state index in [1.165, 1.54) is 4.90 Å². The third kappa shape index (κ3) is 1.90. The first kappa shape index (κ1) is 12.2. The molecule has 2 aliphatic rings. The number of amides is 2. The van der Waals surface area contributed by atoms with Crippen molar-refractivity contribution in [3.63, 3.8) is 0 Å². The molecule has 2 N–H and O–H groups in total. The molecule has 1 aromatic rings. The van der Waals surface area contributed by atoms with Crippen LogP contribution in [0.25, 0.3) is 0 Å². The highest BCUT2D eigenvalue weighted by Crippen LogP contribution is 2.31. The monoisotopic (exact) mass is 260 g/mol. The van der Waals surface area contributed by atoms with Crippen LogP contribution in [0.5, 0.6) is 0 Å². The summed E-state index contributed by atoms with van der Waals surface area (Å²) in [5, 5.41) is 0. The lowest BCUT2D eigenvalue weighted by atomic mass is 10.1. The van der Waals surface area contributed by atoms with Gasteiger partial charge in [-0.15, -0.1) is 0 Å². The summed E-state index contributed by atoms with van der Waals surface area (Å²) in [5.41, 5.74) is 6.99. The second-order valence-corrected chi connectivity index (χ2v) is 4.95. The fourth-order valence-corrected chi connectivity index (χ4v) is 2.81. The van der Waals surface area contributed by atoms with E-state index in [2.05, 4.69) is 0 Å². The van der Waals surface area contributed by atoms with Crippen LogP contribution < -0.4 is 5.73 Å². The van der Waals surface area contributed by atoms with E-state index in [4.69, 9.17) is 10.5 Å². The predicted molar refractivity (Wildman–Crippen MR) is 69.8 cm³/mol. The summed E-state index contributed by atoms with van der Waals surface area (Å²) in [6, 6.07) is 4.95. The van der Waals surface area contributed by atoms with Gasteiger partial charge in [0.05, 0.1) is 11.1 Å². The lowest BCUT2D eigenvalue weighted by Crippen LogP contribution is -2.40. The summed E-state index contributed by atoms with van der Waals surface area (Å²) < 4.78 is 5.38. The van der Waals surface area contributed by atoms with Crippen LogP contribution in [0.1, 0.15) is 40.0 Å². The molecule has 5 nitrogen and oxygen atoms in total. The summed E-state index contributed by atoms with van der Waals surface area (Å²) in [6.07, 6.45) is 2.37. The molecular weight excluding hydrogens is 244 g/mol.